The summed E-state index contributed by atoms with van der Waals surface area (Å²) in [4.78, 5) is 27.6. The molecule has 0 radical (unpaired) electrons. The van der Waals surface area contributed by atoms with E-state index in [4.69, 9.17) is 19.8 Å². The van der Waals surface area contributed by atoms with Crippen LogP contribution in [0.25, 0.3) is 0 Å². The molecule has 0 fully saturated rings. The second-order valence-corrected chi connectivity index (χ2v) is 1.95. The maximum Gasteiger partial charge on any atom is 0.368 e. The van der Waals surface area contributed by atoms with Crippen molar-refractivity contribution in [1.82, 2.24) is 0 Å². The van der Waals surface area contributed by atoms with Gasteiger partial charge in [-0.3, -0.25) is 9.59 Å². The van der Waals surface area contributed by atoms with Gasteiger partial charge in [-0.15, -0.1) is 0 Å². The maximum atomic E-state index is 9.70. The minimum atomic E-state index is -1.43. The van der Waals surface area contributed by atoms with Crippen molar-refractivity contribution >= 4 is 18.2 Å². The van der Waals surface area contributed by atoms with E-state index >= 15 is 0 Å². The molecule has 0 unspecified atom stereocenters. The van der Waals surface area contributed by atoms with Gasteiger partial charge in [-0.25, -0.2) is 4.79 Å². The summed E-state index contributed by atoms with van der Waals surface area (Å²) in [6.45, 7) is 3.28. The minimum absolute atomic E-state index is 0.167. The monoisotopic (exact) mass is 162 g/mol. The van der Waals surface area contributed by atoms with Crippen molar-refractivity contribution in [3.63, 3.8) is 0 Å². The molecular weight excluding hydrogens is 152 g/mol. The molecule has 5 nitrogen and oxygen atoms in total. The molecule has 0 bridgehead atoms. The predicted molar refractivity (Wildman–Crippen MR) is 36.2 cm³/mol. The molecule has 5 heteroatoms. The SMILES string of the molecule is CC(C)C(=O)O.O=CC(=O)O. The van der Waals surface area contributed by atoms with E-state index in [1.165, 1.54) is 0 Å². The lowest BCUT2D eigenvalue weighted by Gasteiger charge is -1.89. The van der Waals surface area contributed by atoms with Crippen LogP contribution in [-0.4, -0.2) is 28.4 Å². The third kappa shape index (κ3) is 17.7. The molecule has 0 rings (SSSR count). The first-order chi connectivity index (χ1) is 4.91. The standard InChI is InChI=1S/C4H8O2.C2H2O3/c1-3(2)4(5)6;3-1-2(4)5/h3H,1-2H3,(H,5,6);1H,(H,4,5). The van der Waals surface area contributed by atoms with Crippen LogP contribution in [0.5, 0.6) is 0 Å². The molecule has 0 aromatic heterocycles. The molecule has 0 aromatic rings. The Labute approximate surface area is 63.6 Å². The first-order valence-electron chi connectivity index (χ1n) is 2.82. The van der Waals surface area contributed by atoms with Crippen LogP contribution >= 0.6 is 0 Å². The van der Waals surface area contributed by atoms with Crippen molar-refractivity contribution < 1.29 is 24.6 Å². The number of carbonyl (C=O) groups excluding carboxylic acids is 1. The lowest BCUT2D eigenvalue weighted by Crippen LogP contribution is -2.03. The van der Waals surface area contributed by atoms with Gasteiger partial charge in [-0.1, -0.05) is 13.8 Å². The average molecular weight is 162 g/mol. The molecule has 0 spiro atoms. The Morgan fingerprint density at radius 3 is 1.45 bits per heavy atom. The van der Waals surface area contributed by atoms with Crippen LogP contribution in [0.3, 0.4) is 0 Å². The third-order valence-electron chi connectivity index (χ3n) is 0.595. The Morgan fingerprint density at radius 1 is 1.27 bits per heavy atom. The lowest BCUT2D eigenvalue weighted by molar-refractivity contribution is -0.143. The normalized spacial score (nSPS) is 7.91. The summed E-state index contributed by atoms with van der Waals surface area (Å²) in [5.41, 5.74) is 0. The van der Waals surface area contributed by atoms with Crippen LogP contribution in [0.4, 0.5) is 0 Å². The summed E-state index contributed by atoms with van der Waals surface area (Å²) in [5, 5.41) is 15.3. The zero-order chi connectivity index (χ0) is 9.44. The summed E-state index contributed by atoms with van der Waals surface area (Å²) in [6.07, 6.45) is -0.167. The summed E-state index contributed by atoms with van der Waals surface area (Å²) in [5.74, 6) is -2.40. The second-order valence-electron chi connectivity index (χ2n) is 1.95. The van der Waals surface area contributed by atoms with Gasteiger partial charge in [0.2, 0.25) is 6.29 Å². The van der Waals surface area contributed by atoms with E-state index in [1.807, 2.05) is 0 Å². The first-order valence-corrected chi connectivity index (χ1v) is 2.82. The molecule has 0 atom stereocenters. The van der Waals surface area contributed by atoms with Crippen LogP contribution in [-0.2, 0) is 14.4 Å². The van der Waals surface area contributed by atoms with Gasteiger partial charge in [0.25, 0.3) is 0 Å². The second kappa shape index (κ2) is 6.73. The molecule has 0 amide bonds. The van der Waals surface area contributed by atoms with Gasteiger partial charge in [0.15, 0.2) is 0 Å². The number of aliphatic carboxylic acids is 2. The highest BCUT2D eigenvalue weighted by Gasteiger charge is 1.99. The largest absolute Gasteiger partial charge is 0.481 e. The molecular formula is C6H10O5. The Balaban J connectivity index is 0. The Bertz CT molecular complexity index is 149. The van der Waals surface area contributed by atoms with E-state index in [9.17, 15) is 4.79 Å². The van der Waals surface area contributed by atoms with Gasteiger partial charge in [0.1, 0.15) is 0 Å². The fourth-order valence-corrected chi connectivity index (χ4v) is 0. The van der Waals surface area contributed by atoms with Gasteiger partial charge in [0, 0.05) is 0 Å². The first kappa shape index (κ1) is 12.3. The van der Waals surface area contributed by atoms with Gasteiger partial charge < -0.3 is 10.2 Å². The molecule has 0 saturated heterocycles. The van der Waals surface area contributed by atoms with Crippen LogP contribution < -0.4 is 0 Å². The van der Waals surface area contributed by atoms with Crippen LogP contribution in [0, 0.1) is 5.92 Å². The van der Waals surface area contributed by atoms with Gasteiger partial charge in [-0.05, 0) is 0 Å². The lowest BCUT2D eigenvalue weighted by atomic mass is 10.2. The number of carboxylic acid groups (broad SMARTS) is 2. The van der Waals surface area contributed by atoms with E-state index < -0.39 is 11.9 Å². The van der Waals surface area contributed by atoms with E-state index in [0.717, 1.165) is 0 Å². The number of carboxylic acids is 2. The number of aldehydes is 1. The Hall–Kier alpha value is -1.39. The molecule has 0 saturated carbocycles. The highest BCUT2D eigenvalue weighted by molar-refractivity contribution is 6.19. The smallest absolute Gasteiger partial charge is 0.368 e. The highest BCUT2D eigenvalue weighted by Crippen LogP contribution is 1.87. The molecule has 2 N–H and O–H groups in total. The molecule has 0 aliphatic carbocycles. The minimum Gasteiger partial charge on any atom is -0.481 e. The van der Waals surface area contributed by atoms with Crippen LogP contribution in [0.2, 0.25) is 0 Å². The average Bonchev–Trinajstić information content (AvgIpc) is 1.89. The summed E-state index contributed by atoms with van der Waals surface area (Å²) < 4.78 is 0. The number of rotatable bonds is 2. The number of hydrogen-bond donors (Lipinski definition) is 2. The van der Waals surface area contributed by atoms with E-state index in [0.29, 0.717) is 0 Å². The predicted octanol–water partition coefficient (Wildman–Crippen LogP) is -0.00310. The zero-order valence-corrected chi connectivity index (χ0v) is 6.27. The Kier molecular flexibility index (Phi) is 7.52. The summed E-state index contributed by atoms with van der Waals surface area (Å²) in [6, 6.07) is 0. The topological polar surface area (TPSA) is 91.7 Å². The van der Waals surface area contributed by atoms with E-state index in [1.54, 1.807) is 13.8 Å². The molecule has 0 aliphatic rings. The van der Waals surface area contributed by atoms with Crippen LogP contribution in [0.15, 0.2) is 0 Å². The molecule has 11 heavy (non-hydrogen) atoms. The molecule has 0 heterocycles. The summed E-state index contributed by atoms with van der Waals surface area (Å²) in [7, 11) is 0. The van der Waals surface area contributed by atoms with E-state index in [2.05, 4.69) is 0 Å². The van der Waals surface area contributed by atoms with Crippen molar-refractivity contribution in [3.05, 3.63) is 0 Å². The van der Waals surface area contributed by atoms with Crippen molar-refractivity contribution in [1.29, 1.82) is 0 Å². The van der Waals surface area contributed by atoms with Crippen molar-refractivity contribution in [2.24, 2.45) is 5.92 Å². The highest BCUT2D eigenvalue weighted by atomic mass is 16.4. The maximum absolute atomic E-state index is 9.70. The summed E-state index contributed by atoms with van der Waals surface area (Å²) >= 11 is 0. The molecule has 64 valence electrons. The van der Waals surface area contributed by atoms with Crippen molar-refractivity contribution in [2.75, 3.05) is 0 Å². The fourth-order valence-electron chi connectivity index (χ4n) is 0. The number of hydrogen-bond acceptors (Lipinski definition) is 3. The van der Waals surface area contributed by atoms with Crippen LogP contribution in [0.1, 0.15) is 13.8 Å². The number of carbonyl (C=O) groups is 3. The van der Waals surface area contributed by atoms with Gasteiger partial charge in [-0.2, -0.15) is 0 Å². The van der Waals surface area contributed by atoms with Crippen molar-refractivity contribution in [2.45, 2.75) is 13.8 Å². The zero-order valence-electron chi connectivity index (χ0n) is 6.27. The third-order valence-corrected chi connectivity index (χ3v) is 0.595. The van der Waals surface area contributed by atoms with Gasteiger partial charge in [0.05, 0.1) is 5.92 Å². The molecule has 0 aliphatic heterocycles. The van der Waals surface area contributed by atoms with Crippen molar-refractivity contribution in [3.8, 4) is 0 Å². The van der Waals surface area contributed by atoms with Gasteiger partial charge >= 0.3 is 11.9 Å². The molecule has 0 aromatic carbocycles. The van der Waals surface area contributed by atoms with E-state index in [-0.39, 0.29) is 12.2 Å². The quantitative estimate of drug-likeness (QED) is 0.440. The fraction of sp³-hybridized carbons (Fsp3) is 0.500. The Morgan fingerprint density at radius 2 is 1.45 bits per heavy atom.